The van der Waals surface area contributed by atoms with Crippen LogP contribution in [0.25, 0.3) is 0 Å². The van der Waals surface area contributed by atoms with Gasteiger partial charge in [0.05, 0.1) is 12.2 Å². The van der Waals surface area contributed by atoms with Crippen LogP contribution in [0.1, 0.15) is 41.0 Å². The van der Waals surface area contributed by atoms with Crippen LogP contribution >= 0.6 is 0 Å². The van der Waals surface area contributed by atoms with E-state index in [1.165, 1.54) is 0 Å². The molecule has 6 atom stereocenters. The summed E-state index contributed by atoms with van der Waals surface area (Å²) in [6.45, 7) is 10.3. The van der Waals surface area contributed by atoms with Gasteiger partial charge in [0.15, 0.2) is 5.79 Å². The minimum Gasteiger partial charge on any atom is -0.344 e. The minimum absolute atomic E-state index is 0.0200. The summed E-state index contributed by atoms with van der Waals surface area (Å²) in [6.07, 6.45) is 5.65. The van der Waals surface area contributed by atoms with E-state index in [-0.39, 0.29) is 29.0 Å². The van der Waals surface area contributed by atoms with Crippen molar-refractivity contribution in [2.24, 2.45) is 28.6 Å². The molecule has 5 rings (SSSR count). The lowest BCUT2D eigenvalue weighted by Crippen LogP contribution is -2.59. The average Bonchev–Trinajstić information content (AvgIpc) is 2.76. The van der Waals surface area contributed by atoms with Crippen LogP contribution in [0.5, 0.6) is 0 Å². The highest BCUT2D eigenvalue weighted by molar-refractivity contribution is 5.90. The summed E-state index contributed by atoms with van der Waals surface area (Å²) in [7, 11) is 0. The lowest BCUT2D eigenvalue weighted by molar-refractivity contribution is -0.156. The van der Waals surface area contributed by atoms with Crippen LogP contribution in [0.2, 0.25) is 0 Å². The Bertz CT molecular complexity index is 518. The van der Waals surface area contributed by atoms with Crippen molar-refractivity contribution in [3.8, 4) is 0 Å². The maximum atomic E-state index is 12.9. The number of Topliss-reactive ketones (excluding diaryl/α,β-unsaturated/α-hetero) is 1. The molecule has 4 aliphatic carbocycles. The van der Waals surface area contributed by atoms with Gasteiger partial charge >= 0.3 is 0 Å². The van der Waals surface area contributed by atoms with Gasteiger partial charge in [0.2, 0.25) is 0 Å². The molecule has 0 N–H and O–H groups in total. The molecule has 0 aromatic rings. The van der Waals surface area contributed by atoms with Crippen molar-refractivity contribution in [1.29, 1.82) is 0 Å². The van der Waals surface area contributed by atoms with Crippen molar-refractivity contribution in [2.75, 3.05) is 0 Å². The van der Waals surface area contributed by atoms with E-state index in [1.807, 2.05) is 13.8 Å². The molecular formula is C17H24O3. The first-order valence-electron chi connectivity index (χ1n) is 7.75. The van der Waals surface area contributed by atoms with Gasteiger partial charge < -0.3 is 9.47 Å². The van der Waals surface area contributed by atoms with E-state index in [9.17, 15) is 4.79 Å². The summed E-state index contributed by atoms with van der Waals surface area (Å²) >= 11 is 0. The van der Waals surface area contributed by atoms with Crippen LogP contribution in [-0.4, -0.2) is 23.8 Å². The number of hydrogen-bond acceptors (Lipinski definition) is 3. The second-order valence-electron chi connectivity index (χ2n) is 8.42. The molecule has 3 fully saturated rings. The Balaban J connectivity index is 1.82. The lowest BCUT2D eigenvalue weighted by Gasteiger charge is -2.53. The highest BCUT2D eigenvalue weighted by Gasteiger charge is 2.69. The number of hydrogen-bond donors (Lipinski definition) is 0. The summed E-state index contributed by atoms with van der Waals surface area (Å²) in [5.41, 5.74) is -0.405. The third-order valence-electron chi connectivity index (χ3n) is 6.09. The van der Waals surface area contributed by atoms with Gasteiger partial charge in [0, 0.05) is 22.7 Å². The number of carbonyl (C=O) groups is 1. The summed E-state index contributed by atoms with van der Waals surface area (Å²) in [5.74, 6) is 0.751. The van der Waals surface area contributed by atoms with Gasteiger partial charge in [-0.15, -0.1) is 0 Å². The first kappa shape index (κ1) is 13.0. The van der Waals surface area contributed by atoms with Crippen LogP contribution in [0.4, 0.5) is 0 Å². The van der Waals surface area contributed by atoms with E-state index in [0.717, 1.165) is 6.42 Å². The van der Waals surface area contributed by atoms with E-state index < -0.39 is 5.79 Å². The van der Waals surface area contributed by atoms with Crippen molar-refractivity contribution in [3.05, 3.63) is 12.2 Å². The van der Waals surface area contributed by atoms with Crippen molar-refractivity contribution in [3.63, 3.8) is 0 Å². The Hall–Kier alpha value is -0.670. The fraction of sp³-hybridized carbons (Fsp3) is 0.824. The van der Waals surface area contributed by atoms with Crippen molar-refractivity contribution in [1.82, 2.24) is 0 Å². The smallest absolute Gasteiger partial charge is 0.163 e. The largest absolute Gasteiger partial charge is 0.344 e. The molecule has 0 unspecified atom stereocenters. The fourth-order valence-corrected chi connectivity index (χ4v) is 5.27. The summed E-state index contributed by atoms with van der Waals surface area (Å²) < 4.78 is 12.4. The van der Waals surface area contributed by atoms with E-state index in [4.69, 9.17) is 9.47 Å². The predicted octanol–water partition coefficient (Wildman–Crippen LogP) is 2.94. The molecule has 0 spiro atoms. The van der Waals surface area contributed by atoms with Crippen LogP contribution in [0, 0.1) is 28.6 Å². The van der Waals surface area contributed by atoms with E-state index in [2.05, 4.69) is 32.9 Å². The Morgan fingerprint density at radius 3 is 2.55 bits per heavy atom. The zero-order valence-electron chi connectivity index (χ0n) is 13.0. The van der Waals surface area contributed by atoms with Crippen LogP contribution in [0.15, 0.2) is 12.2 Å². The second kappa shape index (κ2) is 3.38. The van der Waals surface area contributed by atoms with Crippen LogP contribution in [0.3, 0.4) is 0 Å². The molecule has 110 valence electrons. The van der Waals surface area contributed by atoms with Crippen LogP contribution in [-0.2, 0) is 14.3 Å². The maximum absolute atomic E-state index is 12.9. The summed E-state index contributed by atoms with van der Waals surface area (Å²) in [5, 5.41) is 0. The van der Waals surface area contributed by atoms with Gasteiger partial charge in [0.25, 0.3) is 0 Å². The van der Waals surface area contributed by atoms with Gasteiger partial charge in [0.1, 0.15) is 5.78 Å². The van der Waals surface area contributed by atoms with E-state index in [1.54, 1.807) is 0 Å². The molecule has 2 saturated carbocycles. The first-order chi connectivity index (χ1) is 9.16. The average molecular weight is 276 g/mol. The second-order valence-corrected chi connectivity index (χ2v) is 8.42. The Morgan fingerprint density at radius 1 is 1.15 bits per heavy atom. The van der Waals surface area contributed by atoms with Crippen molar-refractivity contribution < 1.29 is 14.3 Å². The molecule has 0 aromatic heterocycles. The zero-order chi connectivity index (χ0) is 14.5. The number of ketones is 1. The van der Waals surface area contributed by atoms with Gasteiger partial charge in [-0.2, -0.15) is 0 Å². The summed E-state index contributed by atoms with van der Waals surface area (Å²) in [6, 6.07) is 0. The molecule has 0 radical (unpaired) electrons. The van der Waals surface area contributed by atoms with Gasteiger partial charge in [-0.3, -0.25) is 4.79 Å². The molecule has 2 bridgehead atoms. The molecule has 3 nitrogen and oxygen atoms in total. The quantitative estimate of drug-likeness (QED) is 0.638. The standard InChI is InChI=1S/C17H24O3/c1-15(2)8-10-9-6-7-17(5,11(10)13(15)18)14-12(9)19-16(3,4)20-14/h6-7,9-12,14H,8H2,1-5H3/t9-,10+,11-,12+,14+,17+/m1/s1. The highest BCUT2D eigenvalue weighted by atomic mass is 16.8. The third-order valence-corrected chi connectivity index (χ3v) is 6.09. The highest BCUT2D eigenvalue weighted by Crippen LogP contribution is 2.64. The zero-order valence-corrected chi connectivity index (χ0v) is 13.0. The normalized spacial score (nSPS) is 54.0. The molecule has 1 aliphatic heterocycles. The van der Waals surface area contributed by atoms with E-state index >= 15 is 0 Å². The molecule has 1 heterocycles. The molecule has 1 saturated heterocycles. The van der Waals surface area contributed by atoms with Gasteiger partial charge in [-0.1, -0.05) is 32.9 Å². The topological polar surface area (TPSA) is 35.5 Å². The van der Waals surface area contributed by atoms with Gasteiger partial charge in [-0.25, -0.2) is 0 Å². The molecular weight excluding hydrogens is 252 g/mol. The minimum atomic E-state index is -0.530. The number of rotatable bonds is 0. The monoisotopic (exact) mass is 276 g/mol. The third kappa shape index (κ3) is 1.36. The Labute approximate surface area is 120 Å². The Kier molecular flexibility index (Phi) is 2.20. The number of ether oxygens (including phenoxy) is 2. The molecule has 5 aliphatic rings. The van der Waals surface area contributed by atoms with Gasteiger partial charge in [-0.05, 0) is 26.2 Å². The first-order valence-corrected chi connectivity index (χ1v) is 7.75. The van der Waals surface area contributed by atoms with Crippen LogP contribution < -0.4 is 0 Å². The lowest BCUT2D eigenvalue weighted by atomic mass is 9.53. The molecule has 0 amide bonds. The SMILES string of the molecule is CC1(C)O[C@H]2[C@@H]3C=C[C@](C)([C@H]2O1)[C@H]1C(=O)C(C)(C)C[C@@H]31. The summed E-state index contributed by atoms with van der Waals surface area (Å²) in [4.78, 5) is 12.9. The molecule has 20 heavy (non-hydrogen) atoms. The molecule has 3 heteroatoms. The van der Waals surface area contributed by atoms with Crippen molar-refractivity contribution in [2.45, 2.75) is 59.0 Å². The fourth-order valence-electron chi connectivity index (χ4n) is 5.27. The van der Waals surface area contributed by atoms with E-state index in [0.29, 0.717) is 17.6 Å². The Morgan fingerprint density at radius 2 is 1.85 bits per heavy atom. The predicted molar refractivity (Wildman–Crippen MR) is 74.9 cm³/mol. The number of carbonyl (C=O) groups excluding carboxylic acids is 1. The maximum Gasteiger partial charge on any atom is 0.163 e. The van der Waals surface area contributed by atoms with Crippen molar-refractivity contribution >= 4 is 5.78 Å². The molecule has 0 aromatic carbocycles.